The van der Waals surface area contributed by atoms with Gasteiger partial charge in [-0.25, -0.2) is 0 Å². The van der Waals surface area contributed by atoms with Crippen LogP contribution in [0.3, 0.4) is 0 Å². The van der Waals surface area contributed by atoms with Gasteiger partial charge in [-0.15, -0.1) is 0 Å². The van der Waals surface area contributed by atoms with Crippen molar-refractivity contribution in [1.29, 1.82) is 0 Å². The SMILES string of the molecule is CNC(C)(C)CN(C)c1c(C)cc(C)c(C)c1OC. The second-order valence-electron chi connectivity index (χ2n) is 6.01. The van der Waals surface area contributed by atoms with Crippen molar-refractivity contribution >= 4 is 5.69 Å². The lowest BCUT2D eigenvalue weighted by Crippen LogP contribution is -2.46. The molecule has 1 aromatic rings. The number of likely N-dealkylation sites (N-methyl/N-ethyl adjacent to an activating group) is 2. The van der Waals surface area contributed by atoms with Gasteiger partial charge in [0, 0.05) is 19.1 Å². The first kappa shape index (κ1) is 15.8. The van der Waals surface area contributed by atoms with E-state index < -0.39 is 0 Å². The van der Waals surface area contributed by atoms with E-state index in [1.54, 1.807) is 7.11 Å². The van der Waals surface area contributed by atoms with Crippen molar-refractivity contribution in [1.82, 2.24) is 5.32 Å². The minimum atomic E-state index is 0.0605. The lowest BCUT2D eigenvalue weighted by Gasteiger charge is -2.33. The lowest BCUT2D eigenvalue weighted by atomic mass is 10.0. The fraction of sp³-hybridized carbons (Fsp3) is 0.625. The molecule has 0 spiro atoms. The maximum Gasteiger partial charge on any atom is 0.145 e. The molecule has 0 aromatic heterocycles. The molecule has 0 saturated heterocycles. The fourth-order valence-electron chi connectivity index (χ4n) is 2.51. The number of hydrogen-bond acceptors (Lipinski definition) is 3. The van der Waals surface area contributed by atoms with E-state index in [1.807, 2.05) is 7.05 Å². The van der Waals surface area contributed by atoms with Crippen LogP contribution in [-0.2, 0) is 0 Å². The molecule has 0 aliphatic rings. The van der Waals surface area contributed by atoms with Gasteiger partial charge in [0.25, 0.3) is 0 Å². The van der Waals surface area contributed by atoms with Gasteiger partial charge < -0.3 is 15.0 Å². The summed E-state index contributed by atoms with van der Waals surface area (Å²) in [4.78, 5) is 2.27. The molecule has 1 rings (SSSR count). The Labute approximate surface area is 118 Å². The van der Waals surface area contributed by atoms with Gasteiger partial charge in [0.15, 0.2) is 0 Å². The zero-order valence-corrected chi connectivity index (χ0v) is 13.6. The summed E-state index contributed by atoms with van der Waals surface area (Å²) in [5, 5.41) is 3.34. The first-order chi connectivity index (χ1) is 8.73. The van der Waals surface area contributed by atoms with E-state index in [0.717, 1.165) is 12.3 Å². The molecule has 3 heteroatoms. The molecule has 0 heterocycles. The van der Waals surface area contributed by atoms with Crippen molar-refractivity contribution in [3.8, 4) is 5.75 Å². The fourth-order valence-corrected chi connectivity index (χ4v) is 2.51. The van der Waals surface area contributed by atoms with E-state index in [9.17, 15) is 0 Å². The van der Waals surface area contributed by atoms with Crippen LogP contribution in [0.1, 0.15) is 30.5 Å². The van der Waals surface area contributed by atoms with E-state index in [1.165, 1.54) is 22.4 Å². The summed E-state index contributed by atoms with van der Waals surface area (Å²) >= 11 is 0. The normalized spacial score (nSPS) is 11.6. The maximum absolute atomic E-state index is 5.64. The van der Waals surface area contributed by atoms with E-state index >= 15 is 0 Å². The molecule has 0 aliphatic carbocycles. The third-order valence-corrected chi connectivity index (χ3v) is 3.85. The Bertz CT molecular complexity index is 453. The molecule has 0 unspecified atom stereocenters. The van der Waals surface area contributed by atoms with Crippen molar-refractivity contribution in [2.75, 3.05) is 32.6 Å². The average molecular weight is 264 g/mol. The van der Waals surface area contributed by atoms with Crippen LogP contribution in [0, 0.1) is 20.8 Å². The van der Waals surface area contributed by atoms with Crippen molar-refractivity contribution in [2.24, 2.45) is 0 Å². The summed E-state index contributed by atoms with van der Waals surface area (Å²) in [6.07, 6.45) is 0. The number of hydrogen-bond donors (Lipinski definition) is 1. The molecule has 0 radical (unpaired) electrons. The Balaban J connectivity index is 3.23. The second-order valence-corrected chi connectivity index (χ2v) is 6.01. The second kappa shape index (κ2) is 5.83. The van der Waals surface area contributed by atoms with Gasteiger partial charge in [0.1, 0.15) is 5.75 Å². The Morgan fingerprint density at radius 2 is 1.79 bits per heavy atom. The van der Waals surface area contributed by atoms with Gasteiger partial charge in [-0.05, 0) is 58.4 Å². The molecule has 0 atom stereocenters. The van der Waals surface area contributed by atoms with Crippen LogP contribution >= 0.6 is 0 Å². The molecule has 3 nitrogen and oxygen atoms in total. The molecule has 1 aromatic carbocycles. The zero-order valence-electron chi connectivity index (χ0n) is 13.6. The van der Waals surface area contributed by atoms with Crippen LogP contribution in [0.15, 0.2) is 6.07 Å². The molecule has 0 aliphatic heterocycles. The maximum atomic E-state index is 5.64. The summed E-state index contributed by atoms with van der Waals surface area (Å²) < 4.78 is 5.64. The average Bonchev–Trinajstić information content (AvgIpc) is 2.32. The van der Waals surface area contributed by atoms with Gasteiger partial charge in [-0.1, -0.05) is 6.07 Å². The smallest absolute Gasteiger partial charge is 0.145 e. The number of aryl methyl sites for hydroxylation is 2. The quantitative estimate of drug-likeness (QED) is 0.884. The number of rotatable bonds is 5. The highest BCUT2D eigenvalue weighted by Gasteiger charge is 2.22. The Morgan fingerprint density at radius 3 is 2.26 bits per heavy atom. The summed E-state index contributed by atoms with van der Waals surface area (Å²) in [5.41, 5.74) is 5.00. The standard InChI is InChI=1S/C16H28N2O/c1-11-9-12(2)14(15(19-8)13(11)3)18(7)10-16(4,5)17-6/h9,17H,10H2,1-8H3. The Kier molecular flexibility index (Phi) is 4.86. The Morgan fingerprint density at radius 1 is 1.21 bits per heavy atom. The van der Waals surface area contributed by atoms with Crippen LogP contribution in [0.4, 0.5) is 5.69 Å². The zero-order chi connectivity index (χ0) is 14.8. The number of benzene rings is 1. The molecule has 19 heavy (non-hydrogen) atoms. The molecular weight excluding hydrogens is 236 g/mol. The van der Waals surface area contributed by atoms with E-state index in [-0.39, 0.29) is 5.54 Å². The van der Waals surface area contributed by atoms with Gasteiger partial charge >= 0.3 is 0 Å². The first-order valence-corrected chi connectivity index (χ1v) is 6.78. The predicted molar refractivity (Wildman–Crippen MR) is 83.6 cm³/mol. The lowest BCUT2D eigenvalue weighted by molar-refractivity contribution is 0.403. The monoisotopic (exact) mass is 264 g/mol. The molecule has 1 N–H and O–H groups in total. The van der Waals surface area contributed by atoms with Crippen LogP contribution in [0.5, 0.6) is 5.75 Å². The molecule has 108 valence electrons. The third-order valence-electron chi connectivity index (χ3n) is 3.85. The van der Waals surface area contributed by atoms with Gasteiger partial charge in [0.2, 0.25) is 0 Å². The van der Waals surface area contributed by atoms with Crippen molar-refractivity contribution < 1.29 is 4.74 Å². The van der Waals surface area contributed by atoms with Crippen LogP contribution in [0.2, 0.25) is 0 Å². The van der Waals surface area contributed by atoms with Crippen molar-refractivity contribution in [2.45, 2.75) is 40.2 Å². The molecule has 0 bridgehead atoms. The third kappa shape index (κ3) is 3.41. The molecular formula is C16H28N2O. The summed E-state index contributed by atoms with van der Waals surface area (Å²) in [6.45, 7) is 11.7. The van der Waals surface area contributed by atoms with Crippen LogP contribution < -0.4 is 15.0 Å². The minimum absolute atomic E-state index is 0.0605. The highest BCUT2D eigenvalue weighted by Crippen LogP contribution is 2.36. The van der Waals surface area contributed by atoms with E-state index in [4.69, 9.17) is 4.74 Å². The van der Waals surface area contributed by atoms with Crippen LogP contribution in [0.25, 0.3) is 0 Å². The number of ether oxygens (including phenoxy) is 1. The van der Waals surface area contributed by atoms with Crippen LogP contribution in [-0.4, -0.2) is 33.3 Å². The number of methoxy groups -OCH3 is 1. The number of anilines is 1. The molecule has 0 saturated carbocycles. The minimum Gasteiger partial charge on any atom is -0.494 e. The predicted octanol–water partition coefficient (Wildman–Crippen LogP) is 3.05. The van der Waals surface area contributed by atoms with Crippen molar-refractivity contribution in [3.63, 3.8) is 0 Å². The number of nitrogens with zero attached hydrogens (tertiary/aromatic N) is 1. The molecule has 0 amide bonds. The highest BCUT2D eigenvalue weighted by molar-refractivity contribution is 5.68. The largest absolute Gasteiger partial charge is 0.494 e. The van der Waals surface area contributed by atoms with Gasteiger partial charge in [0.05, 0.1) is 12.8 Å². The summed E-state index contributed by atoms with van der Waals surface area (Å²) in [7, 11) is 5.87. The van der Waals surface area contributed by atoms with Crippen molar-refractivity contribution in [3.05, 3.63) is 22.8 Å². The van der Waals surface area contributed by atoms with Gasteiger partial charge in [-0.2, -0.15) is 0 Å². The Hall–Kier alpha value is -1.22. The highest BCUT2D eigenvalue weighted by atomic mass is 16.5. The van der Waals surface area contributed by atoms with E-state index in [0.29, 0.717) is 0 Å². The number of nitrogens with one attached hydrogen (secondary N) is 1. The summed E-state index contributed by atoms with van der Waals surface area (Å²) in [5.74, 6) is 0.993. The molecule has 0 fully saturated rings. The van der Waals surface area contributed by atoms with Gasteiger partial charge in [-0.3, -0.25) is 0 Å². The summed E-state index contributed by atoms with van der Waals surface area (Å²) in [6, 6.07) is 2.23. The topological polar surface area (TPSA) is 24.5 Å². The van der Waals surface area contributed by atoms with E-state index in [2.05, 4.69) is 57.9 Å². The first-order valence-electron chi connectivity index (χ1n) is 6.78.